The van der Waals surface area contributed by atoms with Gasteiger partial charge in [0.25, 0.3) is 0 Å². The number of rotatable bonds is 2. The molecule has 0 saturated heterocycles. The van der Waals surface area contributed by atoms with Gasteiger partial charge in [0.1, 0.15) is 5.75 Å². The topological polar surface area (TPSA) is 9.23 Å². The molecule has 0 atom stereocenters. The standard InChI is InChI=1S/C13H19ClO/c1-9(2)15-12-8-10(14)6-7-11(12)13(3,4)5/h6-9H,1-5H3. The van der Waals surface area contributed by atoms with Crippen molar-refractivity contribution in [2.24, 2.45) is 0 Å². The Morgan fingerprint density at radius 3 is 2.27 bits per heavy atom. The number of benzene rings is 1. The van der Waals surface area contributed by atoms with Crippen LogP contribution in [0.1, 0.15) is 40.2 Å². The molecule has 0 N–H and O–H groups in total. The second-order valence-corrected chi connectivity index (χ2v) is 5.49. The van der Waals surface area contributed by atoms with Gasteiger partial charge < -0.3 is 4.74 Å². The predicted octanol–water partition coefficient (Wildman–Crippen LogP) is 4.42. The first-order valence-electron chi connectivity index (χ1n) is 5.27. The summed E-state index contributed by atoms with van der Waals surface area (Å²) >= 11 is 5.97. The molecule has 0 aromatic heterocycles. The van der Waals surface area contributed by atoms with Crippen molar-refractivity contribution in [2.75, 3.05) is 0 Å². The summed E-state index contributed by atoms with van der Waals surface area (Å²) in [4.78, 5) is 0. The first kappa shape index (κ1) is 12.4. The first-order chi connectivity index (χ1) is 6.80. The van der Waals surface area contributed by atoms with Gasteiger partial charge in [-0.1, -0.05) is 38.4 Å². The van der Waals surface area contributed by atoms with Crippen LogP contribution in [0.25, 0.3) is 0 Å². The van der Waals surface area contributed by atoms with Crippen molar-refractivity contribution >= 4 is 11.6 Å². The van der Waals surface area contributed by atoms with Crippen LogP contribution in [0.5, 0.6) is 5.75 Å². The van der Waals surface area contributed by atoms with Crippen LogP contribution in [-0.2, 0) is 5.41 Å². The van der Waals surface area contributed by atoms with E-state index in [0.717, 1.165) is 10.8 Å². The molecule has 1 nitrogen and oxygen atoms in total. The first-order valence-corrected chi connectivity index (χ1v) is 5.65. The summed E-state index contributed by atoms with van der Waals surface area (Å²) in [6.45, 7) is 10.6. The minimum absolute atomic E-state index is 0.0782. The van der Waals surface area contributed by atoms with Crippen molar-refractivity contribution < 1.29 is 4.74 Å². The SMILES string of the molecule is CC(C)Oc1cc(Cl)ccc1C(C)(C)C. The number of halogens is 1. The van der Waals surface area contributed by atoms with E-state index >= 15 is 0 Å². The molecule has 0 amide bonds. The summed E-state index contributed by atoms with van der Waals surface area (Å²) in [7, 11) is 0. The second kappa shape index (κ2) is 4.44. The molecule has 0 aliphatic carbocycles. The molecule has 1 rings (SSSR count). The lowest BCUT2D eigenvalue weighted by atomic mass is 9.86. The molecular formula is C13H19ClO. The fourth-order valence-corrected chi connectivity index (χ4v) is 1.63. The van der Waals surface area contributed by atoms with Crippen LogP contribution in [-0.4, -0.2) is 6.10 Å². The Balaban J connectivity index is 3.15. The molecule has 0 spiro atoms. The monoisotopic (exact) mass is 226 g/mol. The summed E-state index contributed by atoms with van der Waals surface area (Å²) in [6, 6.07) is 5.84. The van der Waals surface area contributed by atoms with Gasteiger partial charge >= 0.3 is 0 Å². The molecule has 0 bridgehead atoms. The third-order valence-corrected chi connectivity index (χ3v) is 2.35. The molecule has 1 aromatic carbocycles. The minimum atomic E-state index is 0.0782. The maximum atomic E-state index is 5.97. The maximum absolute atomic E-state index is 5.97. The van der Waals surface area contributed by atoms with E-state index in [-0.39, 0.29) is 11.5 Å². The van der Waals surface area contributed by atoms with Gasteiger partial charge in [0, 0.05) is 5.02 Å². The number of hydrogen-bond acceptors (Lipinski definition) is 1. The Kier molecular flexibility index (Phi) is 3.67. The lowest BCUT2D eigenvalue weighted by molar-refractivity contribution is 0.236. The summed E-state index contributed by atoms with van der Waals surface area (Å²) < 4.78 is 5.77. The maximum Gasteiger partial charge on any atom is 0.124 e. The molecule has 84 valence electrons. The zero-order valence-corrected chi connectivity index (χ0v) is 10.9. The lowest BCUT2D eigenvalue weighted by Crippen LogP contribution is -2.15. The van der Waals surface area contributed by atoms with Crippen molar-refractivity contribution in [3.8, 4) is 5.75 Å². The normalized spacial score (nSPS) is 11.9. The van der Waals surface area contributed by atoms with E-state index in [2.05, 4.69) is 20.8 Å². The number of hydrogen-bond donors (Lipinski definition) is 0. The second-order valence-electron chi connectivity index (χ2n) is 5.06. The molecule has 0 unspecified atom stereocenters. The van der Waals surface area contributed by atoms with Crippen LogP contribution in [0.3, 0.4) is 0 Å². The van der Waals surface area contributed by atoms with E-state index in [1.807, 2.05) is 32.0 Å². The van der Waals surface area contributed by atoms with Gasteiger partial charge in [0.05, 0.1) is 6.10 Å². The van der Waals surface area contributed by atoms with Gasteiger partial charge in [-0.25, -0.2) is 0 Å². The fraction of sp³-hybridized carbons (Fsp3) is 0.538. The van der Waals surface area contributed by atoms with Crippen LogP contribution in [0.4, 0.5) is 0 Å². The average Bonchev–Trinajstić information content (AvgIpc) is 1.99. The van der Waals surface area contributed by atoms with Gasteiger partial charge in [0.15, 0.2) is 0 Å². The third kappa shape index (κ3) is 3.42. The molecule has 15 heavy (non-hydrogen) atoms. The van der Waals surface area contributed by atoms with Gasteiger partial charge in [-0.2, -0.15) is 0 Å². The third-order valence-electron chi connectivity index (χ3n) is 2.11. The van der Waals surface area contributed by atoms with Gasteiger partial charge in [0.2, 0.25) is 0 Å². The Hall–Kier alpha value is -0.690. The van der Waals surface area contributed by atoms with Crippen molar-refractivity contribution in [3.05, 3.63) is 28.8 Å². The van der Waals surface area contributed by atoms with Crippen molar-refractivity contribution in [2.45, 2.75) is 46.1 Å². The average molecular weight is 227 g/mol. The Bertz CT molecular complexity index is 337. The van der Waals surface area contributed by atoms with Crippen LogP contribution >= 0.6 is 11.6 Å². The molecule has 0 aliphatic heterocycles. The Morgan fingerprint density at radius 2 is 1.80 bits per heavy atom. The van der Waals surface area contributed by atoms with Crippen LogP contribution in [0, 0.1) is 0 Å². The molecule has 1 aromatic rings. The van der Waals surface area contributed by atoms with E-state index < -0.39 is 0 Å². The molecule has 0 aliphatic rings. The Morgan fingerprint density at radius 1 is 1.20 bits per heavy atom. The predicted molar refractivity (Wildman–Crippen MR) is 65.9 cm³/mol. The largest absolute Gasteiger partial charge is 0.491 e. The molecule has 0 fully saturated rings. The molecule has 0 radical (unpaired) electrons. The molecule has 0 saturated carbocycles. The van der Waals surface area contributed by atoms with Crippen molar-refractivity contribution in [1.82, 2.24) is 0 Å². The highest BCUT2D eigenvalue weighted by molar-refractivity contribution is 6.30. The smallest absolute Gasteiger partial charge is 0.124 e. The van der Waals surface area contributed by atoms with Gasteiger partial charge in [-0.15, -0.1) is 0 Å². The molecule has 2 heteroatoms. The van der Waals surface area contributed by atoms with E-state index in [4.69, 9.17) is 16.3 Å². The fourth-order valence-electron chi connectivity index (χ4n) is 1.47. The highest BCUT2D eigenvalue weighted by Gasteiger charge is 2.19. The van der Waals surface area contributed by atoms with Crippen LogP contribution in [0.2, 0.25) is 5.02 Å². The summed E-state index contributed by atoms with van der Waals surface area (Å²) in [5, 5.41) is 0.721. The van der Waals surface area contributed by atoms with E-state index in [1.54, 1.807) is 0 Å². The number of ether oxygens (including phenoxy) is 1. The van der Waals surface area contributed by atoms with Gasteiger partial charge in [-0.05, 0) is 37.0 Å². The highest BCUT2D eigenvalue weighted by atomic mass is 35.5. The van der Waals surface area contributed by atoms with Crippen molar-refractivity contribution in [1.29, 1.82) is 0 Å². The van der Waals surface area contributed by atoms with E-state index in [1.165, 1.54) is 5.56 Å². The lowest BCUT2D eigenvalue weighted by Gasteiger charge is -2.24. The van der Waals surface area contributed by atoms with Crippen molar-refractivity contribution in [3.63, 3.8) is 0 Å². The van der Waals surface area contributed by atoms with Crippen LogP contribution in [0.15, 0.2) is 18.2 Å². The van der Waals surface area contributed by atoms with E-state index in [9.17, 15) is 0 Å². The minimum Gasteiger partial charge on any atom is -0.491 e. The van der Waals surface area contributed by atoms with E-state index in [0.29, 0.717) is 0 Å². The zero-order valence-electron chi connectivity index (χ0n) is 10.1. The summed E-state index contributed by atoms with van der Waals surface area (Å²) in [5.74, 6) is 0.894. The molecular weight excluding hydrogens is 208 g/mol. The van der Waals surface area contributed by atoms with Gasteiger partial charge in [-0.3, -0.25) is 0 Å². The zero-order chi connectivity index (χ0) is 11.6. The quantitative estimate of drug-likeness (QED) is 0.725. The Labute approximate surface area is 97.4 Å². The molecule has 0 heterocycles. The summed E-state index contributed by atoms with van der Waals surface area (Å²) in [5.41, 5.74) is 1.27. The summed E-state index contributed by atoms with van der Waals surface area (Å²) in [6.07, 6.45) is 0.171. The van der Waals surface area contributed by atoms with Crippen LogP contribution < -0.4 is 4.74 Å². The highest BCUT2D eigenvalue weighted by Crippen LogP contribution is 2.33.